The molecule has 19 heavy (non-hydrogen) atoms. The lowest BCUT2D eigenvalue weighted by Gasteiger charge is -2.00. The van der Waals surface area contributed by atoms with Crippen LogP contribution < -0.4 is 5.32 Å². The largest absolute Gasteiger partial charge is 0.383 e. The Hall–Kier alpha value is -1.18. The Balaban J connectivity index is 1.85. The molecule has 0 spiro atoms. The summed E-state index contributed by atoms with van der Waals surface area (Å²) in [7, 11) is 1.65. The number of anilines is 1. The lowest BCUT2D eigenvalue weighted by molar-refractivity contribution is 0.211. The molecule has 2 aromatic rings. The van der Waals surface area contributed by atoms with E-state index in [1.165, 1.54) is 29.4 Å². The second-order valence-electron chi connectivity index (χ2n) is 3.65. The Bertz CT molecular complexity index is 521. The quantitative estimate of drug-likeness (QED) is 0.629. The first-order valence-electron chi connectivity index (χ1n) is 5.72. The normalized spacial score (nSPS) is 10.6. The van der Waals surface area contributed by atoms with Crippen molar-refractivity contribution in [1.82, 2.24) is 9.36 Å². The van der Waals surface area contributed by atoms with E-state index in [-0.39, 0.29) is 5.82 Å². The van der Waals surface area contributed by atoms with Crippen LogP contribution in [0.5, 0.6) is 0 Å². The molecule has 0 amide bonds. The number of halogens is 1. The predicted molar refractivity (Wildman–Crippen MR) is 76.2 cm³/mol. The molecule has 1 aromatic heterocycles. The number of nitrogens with zero attached hydrogens (tertiary/aromatic N) is 2. The summed E-state index contributed by atoms with van der Waals surface area (Å²) in [6.07, 6.45) is 0. The maximum Gasteiger partial charge on any atom is 0.202 e. The van der Waals surface area contributed by atoms with Crippen LogP contribution >= 0.6 is 23.3 Å². The van der Waals surface area contributed by atoms with Crippen molar-refractivity contribution in [2.45, 2.75) is 10.6 Å². The summed E-state index contributed by atoms with van der Waals surface area (Å²) < 4.78 is 22.6. The Kier molecular flexibility index (Phi) is 5.56. The summed E-state index contributed by atoms with van der Waals surface area (Å²) in [6, 6.07) is 6.70. The first-order valence-corrected chi connectivity index (χ1v) is 7.48. The summed E-state index contributed by atoms with van der Waals surface area (Å²) in [5, 5.41) is 3.88. The van der Waals surface area contributed by atoms with Crippen LogP contribution in [0.1, 0.15) is 5.82 Å². The van der Waals surface area contributed by atoms with Crippen LogP contribution in [0.15, 0.2) is 29.2 Å². The fraction of sp³-hybridized carbons (Fsp3) is 0.333. The monoisotopic (exact) mass is 299 g/mol. The van der Waals surface area contributed by atoms with Gasteiger partial charge in [-0.2, -0.15) is 4.37 Å². The highest BCUT2D eigenvalue weighted by atomic mass is 32.2. The number of thioether (sulfide) groups is 1. The molecule has 0 aliphatic heterocycles. The van der Waals surface area contributed by atoms with Crippen LogP contribution in [0.2, 0.25) is 0 Å². The van der Waals surface area contributed by atoms with Gasteiger partial charge in [0.05, 0.1) is 12.4 Å². The molecule has 0 saturated heterocycles. The SMILES string of the molecule is COCCNc1nc(CSc2ccccc2F)ns1. The van der Waals surface area contributed by atoms with Crippen LogP contribution in [0.3, 0.4) is 0 Å². The molecule has 0 unspecified atom stereocenters. The topological polar surface area (TPSA) is 47.0 Å². The fourth-order valence-electron chi connectivity index (χ4n) is 1.35. The van der Waals surface area contributed by atoms with Crippen molar-refractivity contribution in [2.75, 3.05) is 25.6 Å². The molecule has 0 bridgehead atoms. The summed E-state index contributed by atoms with van der Waals surface area (Å²) in [6.45, 7) is 1.32. The molecule has 1 N–H and O–H groups in total. The van der Waals surface area contributed by atoms with Crippen molar-refractivity contribution in [3.63, 3.8) is 0 Å². The zero-order chi connectivity index (χ0) is 13.5. The van der Waals surface area contributed by atoms with Gasteiger partial charge in [-0.3, -0.25) is 0 Å². The standard InChI is InChI=1S/C12H14FN3OS2/c1-17-7-6-14-12-15-11(16-19-12)8-18-10-5-3-2-4-9(10)13/h2-5H,6-8H2,1H3,(H,14,15,16). The average molecular weight is 299 g/mol. The third-order valence-electron chi connectivity index (χ3n) is 2.24. The second kappa shape index (κ2) is 7.42. The van der Waals surface area contributed by atoms with Crippen LogP contribution in [0.4, 0.5) is 9.52 Å². The summed E-state index contributed by atoms with van der Waals surface area (Å²) in [4.78, 5) is 4.94. The van der Waals surface area contributed by atoms with E-state index in [0.29, 0.717) is 29.6 Å². The Morgan fingerprint density at radius 3 is 3.05 bits per heavy atom. The molecule has 0 aliphatic rings. The minimum atomic E-state index is -0.207. The molecule has 2 rings (SSSR count). The number of aromatic nitrogens is 2. The van der Waals surface area contributed by atoms with Crippen molar-refractivity contribution in [3.8, 4) is 0 Å². The van der Waals surface area contributed by atoms with E-state index in [0.717, 1.165) is 5.13 Å². The lowest BCUT2D eigenvalue weighted by Crippen LogP contribution is -2.07. The van der Waals surface area contributed by atoms with Crippen molar-refractivity contribution in [3.05, 3.63) is 35.9 Å². The van der Waals surface area contributed by atoms with Crippen molar-refractivity contribution < 1.29 is 9.13 Å². The highest BCUT2D eigenvalue weighted by molar-refractivity contribution is 7.98. The number of nitrogens with one attached hydrogen (secondary N) is 1. The van der Waals surface area contributed by atoms with Crippen LogP contribution in [0.25, 0.3) is 0 Å². The van der Waals surface area contributed by atoms with Gasteiger partial charge in [-0.05, 0) is 12.1 Å². The van der Waals surface area contributed by atoms with Crippen molar-refractivity contribution >= 4 is 28.4 Å². The second-order valence-corrected chi connectivity index (χ2v) is 5.42. The third kappa shape index (κ3) is 4.45. The number of benzene rings is 1. The zero-order valence-electron chi connectivity index (χ0n) is 10.4. The molecule has 0 aliphatic carbocycles. The highest BCUT2D eigenvalue weighted by Gasteiger charge is 2.06. The fourth-order valence-corrected chi connectivity index (χ4v) is 2.83. The van der Waals surface area contributed by atoms with E-state index >= 15 is 0 Å². The van der Waals surface area contributed by atoms with Crippen LogP contribution in [-0.2, 0) is 10.5 Å². The van der Waals surface area contributed by atoms with Gasteiger partial charge in [-0.25, -0.2) is 9.37 Å². The number of rotatable bonds is 7. The van der Waals surface area contributed by atoms with Gasteiger partial charge in [0.2, 0.25) is 5.13 Å². The molecule has 0 saturated carbocycles. The molecular formula is C12H14FN3OS2. The molecular weight excluding hydrogens is 285 g/mol. The van der Waals surface area contributed by atoms with E-state index in [1.807, 2.05) is 6.07 Å². The Labute approximate surface area is 119 Å². The summed E-state index contributed by atoms with van der Waals surface area (Å²) >= 11 is 2.70. The Morgan fingerprint density at radius 1 is 1.42 bits per heavy atom. The minimum Gasteiger partial charge on any atom is -0.383 e. The summed E-state index contributed by atoms with van der Waals surface area (Å²) in [5.74, 6) is 1.06. The lowest BCUT2D eigenvalue weighted by atomic mass is 10.3. The van der Waals surface area contributed by atoms with Gasteiger partial charge in [0.1, 0.15) is 5.82 Å². The average Bonchev–Trinajstić information content (AvgIpc) is 2.86. The van der Waals surface area contributed by atoms with Crippen LogP contribution in [-0.4, -0.2) is 29.6 Å². The van der Waals surface area contributed by atoms with E-state index in [9.17, 15) is 4.39 Å². The summed E-state index contributed by atoms with van der Waals surface area (Å²) in [5.41, 5.74) is 0. The maximum atomic E-state index is 13.4. The van der Waals surface area contributed by atoms with Gasteiger partial charge in [0.25, 0.3) is 0 Å². The van der Waals surface area contributed by atoms with Gasteiger partial charge in [-0.1, -0.05) is 12.1 Å². The van der Waals surface area contributed by atoms with E-state index in [2.05, 4.69) is 14.7 Å². The number of hydrogen-bond acceptors (Lipinski definition) is 6. The molecule has 1 aromatic carbocycles. The van der Waals surface area contributed by atoms with Gasteiger partial charge in [0, 0.05) is 30.1 Å². The van der Waals surface area contributed by atoms with E-state index < -0.39 is 0 Å². The molecule has 0 fully saturated rings. The molecule has 0 radical (unpaired) electrons. The van der Waals surface area contributed by atoms with Gasteiger partial charge < -0.3 is 10.1 Å². The van der Waals surface area contributed by atoms with Gasteiger partial charge in [0.15, 0.2) is 5.82 Å². The number of ether oxygens (including phenoxy) is 1. The van der Waals surface area contributed by atoms with E-state index in [4.69, 9.17) is 4.74 Å². The molecule has 102 valence electrons. The van der Waals surface area contributed by atoms with Gasteiger partial charge in [-0.15, -0.1) is 11.8 Å². The van der Waals surface area contributed by atoms with E-state index in [1.54, 1.807) is 19.2 Å². The minimum absolute atomic E-state index is 0.207. The third-order valence-corrected chi connectivity index (χ3v) is 4.00. The predicted octanol–water partition coefficient (Wildman–Crippen LogP) is 3.03. The molecule has 4 nitrogen and oxygen atoms in total. The zero-order valence-corrected chi connectivity index (χ0v) is 12.1. The smallest absolute Gasteiger partial charge is 0.202 e. The van der Waals surface area contributed by atoms with Crippen LogP contribution in [0, 0.1) is 5.82 Å². The maximum absolute atomic E-state index is 13.4. The van der Waals surface area contributed by atoms with Crippen molar-refractivity contribution in [1.29, 1.82) is 0 Å². The highest BCUT2D eigenvalue weighted by Crippen LogP contribution is 2.25. The molecule has 7 heteroatoms. The van der Waals surface area contributed by atoms with Crippen molar-refractivity contribution in [2.24, 2.45) is 0 Å². The first kappa shape index (κ1) is 14.2. The number of hydrogen-bond donors (Lipinski definition) is 1. The Morgan fingerprint density at radius 2 is 2.26 bits per heavy atom. The molecule has 1 heterocycles. The number of methoxy groups -OCH3 is 1. The molecule has 0 atom stereocenters. The van der Waals surface area contributed by atoms with Gasteiger partial charge >= 0.3 is 0 Å². The first-order chi connectivity index (χ1) is 9.29.